The van der Waals surface area contributed by atoms with E-state index in [1.807, 2.05) is 4.90 Å². The summed E-state index contributed by atoms with van der Waals surface area (Å²) < 4.78 is 22.6. The molecular weight excluding hydrogens is 292 g/mol. The number of para-hydroxylation sites is 1. The van der Waals surface area contributed by atoms with Crippen LogP contribution < -0.4 is 4.90 Å². The van der Waals surface area contributed by atoms with Gasteiger partial charge in [0.15, 0.2) is 0 Å². The zero-order valence-electron chi connectivity index (χ0n) is 12.1. The van der Waals surface area contributed by atoms with Crippen LogP contribution >= 0.6 is 0 Å². The molecular formula is C14H20N2O4S. The monoisotopic (exact) mass is 312 g/mol. The third-order valence-corrected chi connectivity index (χ3v) is 4.67. The van der Waals surface area contributed by atoms with Gasteiger partial charge < -0.3 is 4.90 Å². The third-order valence-electron chi connectivity index (χ3n) is 3.72. The number of sulfone groups is 1. The number of benzene rings is 1. The van der Waals surface area contributed by atoms with Crippen LogP contribution in [-0.4, -0.2) is 38.4 Å². The Bertz CT molecular complexity index is 622. The molecule has 0 radical (unpaired) electrons. The summed E-state index contributed by atoms with van der Waals surface area (Å²) in [5.41, 5.74) is 1.17. The quantitative estimate of drug-likeness (QED) is 0.615. The van der Waals surface area contributed by atoms with Crippen LogP contribution in [0.15, 0.2) is 18.2 Å². The van der Waals surface area contributed by atoms with Gasteiger partial charge in [-0.15, -0.1) is 0 Å². The van der Waals surface area contributed by atoms with Crippen LogP contribution in [0.2, 0.25) is 0 Å². The van der Waals surface area contributed by atoms with E-state index in [9.17, 15) is 18.5 Å². The van der Waals surface area contributed by atoms with Gasteiger partial charge in [-0.1, -0.05) is 12.1 Å². The molecule has 21 heavy (non-hydrogen) atoms. The number of nitro benzene ring substituents is 1. The van der Waals surface area contributed by atoms with E-state index in [0.717, 1.165) is 38.6 Å². The Kier molecular flexibility index (Phi) is 4.82. The maximum atomic E-state index is 11.4. The van der Waals surface area contributed by atoms with Crippen molar-refractivity contribution in [2.24, 2.45) is 0 Å². The van der Waals surface area contributed by atoms with Crippen molar-refractivity contribution in [3.8, 4) is 0 Å². The number of piperidine rings is 1. The summed E-state index contributed by atoms with van der Waals surface area (Å²) in [6.45, 7) is 1.63. The van der Waals surface area contributed by atoms with E-state index >= 15 is 0 Å². The molecule has 7 heteroatoms. The molecule has 1 aromatic rings. The molecule has 0 aliphatic carbocycles. The summed E-state index contributed by atoms with van der Waals surface area (Å²) in [7, 11) is -3.14. The fourth-order valence-corrected chi connectivity index (χ4v) is 3.27. The summed E-state index contributed by atoms with van der Waals surface area (Å²) in [6, 6.07) is 5.18. The molecule has 1 heterocycles. The highest BCUT2D eigenvalue weighted by Crippen LogP contribution is 2.33. The highest BCUT2D eigenvalue weighted by atomic mass is 32.2. The van der Waals surface area contributed by atoms with Gasteiger partial charge in [-0.25, -0.2) is 8.42 Å². The van der Waals surface area contributed by atoms with Gasteiger partial charge in [-0.05, 0) is 31.7 Å². The molecule has 116 valence electrons. The highest BCUT2D eigenvalue weighted by molar-refractivity contribution is 7.90. The van der Waals surface area contributed by atoms with Crippen LogP contribution in [0.3, 0.4) is 0 Å². The first kappa shape index (κ1) is 15.8. The summed E-state index contributed by atoms with van der Waals surface area (Å²) >= 11 is 0. The first-order valence-corrected chi connectivity index (χ1v) is 9.13. The van der Waals surface area contributed by atoms with Crippen molar-refractivity contribution in [3.05, 3.63) is 33.9 Å². The third kappa shape index (κ3) is 4.17. The maximum absolute atomic E-state index is 11.4. The molecule has 0 bridgehead atoms. The Labute approximate surface area is 124 Å². The second-order valence-corrected chi connectivity index (χ2v) is 7.73. The summed E-state index contributed by atoms with van der Waals surface area (Å²) in [5.74, 6) is -0.0721. The van der Waals surface area contributed by atoms with Crippen LogP contribution in [0.4, 0.5) is 11.4 Å². The van der Waals surface area contributed by atoms with Gasteiger partial charge in [0.1, 0.15) is 15.5 Å². The number of nitrogens with zero attached hydrogens (tertiary/aromatic N) is 2. The Balaban J connectivity index is 2.34. The van der Waals surface area contributed by atoms with Crippen LogP contribution in [0, 0.1) is 10.1 Å². The zero-order chi connectivity index (χ0) is 15.5. The number of hydrogen-bond acceptors (Lipinski definition) is 5. The minimum Gasteiger partial charge on any atom is -0.366 e. The number of anilines is 1. The first-order chi connectivity index (χ1) is 9.88. The molecule has 1 aliphatic heterocycles. The molecule has 0 amide bonds. The van der Waals surface area contributed by atoms with Gasteiger partial charge >= 0.3 is 0 Å². The van der Waals surface area contributed by atoms with Crippen molar-refractivity contribution in [1.29, 1.82) is 0 Å². The molecule has 1 aliphatic rings. The molecule has 6 nitrogen and oxygen atoms in total. The van der Waals surface area contributed by atoms with E-state index in [1.54, 1.807) is 18.2 Å². The van der Waals surface area contributed by atoms with Gasteiger partial charge in [0.05, 0.1) is 10.7 Å². The topological polar surface area (TPSA) is 80.5 Å². The lowest BCUT2D eigenvalue weighted by atomic mass is 10.1. The standard InChI is InChI=1S/C14H20N2O4S/c1-21(19,20)11-8-12-6-5-7-13(14(12)16(17)18)15-9-3-2-4-10-15/h5-7H,2-4,8-11H2,1H3. The smallest absolute Gasteiger partial charge is 0.295 e. The van der Waals surface area contributed by atoms with Crippen LogP contribution in [0.25, 0.3) is 0 Å². The van der Waals surface area contributed by atoms with Crippen molar-refractivity contribution in [2.75, 3.05) is 30.0 Å². The minimum absolute atomic E-state index is 0.0584. The van der Waals surface area contributed by atoms with Crippen molar-refractivity contribution < 1.29 is 13.3 Å². The van der Waals surface area contributed by atoms with E-state index in [1.165, 1.54) is 0 Å². The molecule has 1 fully saturated rings. The average Bonchev–Trinajstić information content (AvgIpc) is 2.44. The highest BCUT2D eigenvalue weighted by Gasteiger charge is 2.25. The zero-order valence-corrected chi connectivity index (χ0v) is 12.9. The van der Waals surface area contributed by atoms with Gasteiger partial charge in [0.25, 0.3) is 5.69 Å². The predicted octanol–water partition coefficient (Wildman–Crippen LogP) is 2.17. The van der Waals surface area contributed by atoms with Crippen LogP contribution in [0.1, 0.15) is 24.8 Å². The molecule has 1 aromatic carbocycles. The number of rotatable bonds is 5. The predicted molar refractivity (Wildman–Crippen MR) is 82.6 cm³/mol. The second-order valence-electron chi connectivity index (χ2n) is 5.47. The van der Waals surface area contributed by atoms with Crippen molar-refractivity contribution >= 4 is 21.2 Å². The Hall–Kier alpha value is -1.63. The lowest BCUT2D eigenvalue weighted by Crippen LogP contribution is -2.30. The Morgan fingerprint density at radius 3 is 2.48 bits per heavy atom. The molecule has 0 saturated carbocycles. The van der Waals surface area contributed by atoms with Gasteiger partial charge in [-0.3, -0.25) is 10.1 Å². The van der Waals surface area contributed by atoms with Crippen LogP contribution in [-0.2, 0) is 16.3 Å². The molecule has 0 unspecified atom stereocenters. The molecule has 0 spiro atoms. The molecule has 0 atom stereocenters. The second kappa shape index (κ2) is 6.43. The van der Waals surface area contributed by atoms with E-state index in [-0.39, 0.29) is 22.8 Å². The fourth-order valence-electron chi connectivity index (χ4n) is 2.68. The lowest BCUT2D eigenvalue weighted by Gasteiger charge is -2.28. The van der Waals surface area contributed by atoms with E-state index in [4.69, 9.17) is 0 Å². The molecule has 0 aromatic heterocycles. The number of aryl methyl sites for hydroxylation is 1. The Morgan fingerprint density at radius 2 is 1.90 bits per heavy atom. The maximum Gasteiger partial charge on any atom is 0.295 e. The normalized spacial score (nSPS) is 16.0. The molecule has 2 rings (SSSR count). The molecule has 1 saturated heterocycles. The van der Waals surface area contributed by atoms with Gasteiger partial charge in [-0.2, -0.15) is 0 Å². The fraction of sp³-hybridized carbons (Fsp3) is 0.571. The minimum atomic E-state index is -3.14. The van der Waals surface area contributed by atoms with Crippen molar-refractivity contribution in [2.45, 2.75) is 25.7 Å². The van der Waals surface area contributed by atoms with Crippen LogP contribution in [0.5, 0.6) is 0 Å². The summed E-state index contributed by atoms with van der Waals surface area (Å²) in [5, 5.41) is 11.4. The summed E-state index contributed by atoms with van der Waals surface area (Å²) in [6.07, 6.45) is 4.54. The van der Waals surface area contributed by atoms with Crippen molar-refractivity contribution in [3.63, 3.8) is 0 Å². The van der Waals surface area contributed by atoms with E-state index in [2.05, 4.69) is 0 Å². The van der Waals surface area contributed by atoms with Crippen molar-refractivity contribution in [1.82, 2.24) is 0 Å². The van der Waals surface area contributed by atoms with Gasteiger partial charge in [0.2, 0.25) is 0 Å². The molecule has 0 N–H and O–H groups in total. The number of nitro groups is 1. The lowest BCUT2D eigenvalue weighted by molar-refractivity contribution is -0.384. The number of hydrogen-bond donors (Lipinski definition) is 0. The van der Waals surface area contributed by atoms with Gasteiger partial charge in [0, 0.05) is 24.9 Å². The SMILES string of the molecule is CS(=O)(=O)CCc1cccc(N2CCCCC2)c1[N+](=O)[O-]. The summed E-state index contributed by atoms with van der Waals surface area (Å²) in [4.78, 5) is 13.1. The largest absolute Gasteiger partial charge is 0.366 e. The first-order valence-electron chi connectivity index (χ1n) is 7.07. The van der Waals surface area contributed by atoms with E-state index < -0.39 is 9.84 Å². The average molecular weight is 312 g/mol. The van der Waals surface area contributed by atoms with E-state index in [0.29, 0.717) is 11.3 Å². The Morgan fingerprint density at radius 1 is 1.24 bits per heavy atom.